The Morgan fingerprint density at radius 2 is 2.35 bits per heavy atom. The summed E-state index contributed by atoms with van der Waals surface area (Å²) in [5.74, 6) is -0.949. The smallest absolute Gasteiger partial charge is 0.322 e. The molecule has 2 heterocycles. The number of hydrogen-bond acceptors (Lipinski definition) is 4. The predicted molar refractivity (Wildman–Crippen MR) is 71.6 cm³/mol. The van der Waals surface area contributed by atoms with Crippen molar-refractivity contribution >= 4 is 17.7 Å². The van der Waals surface area contributed by atoms with Gasteiger partial charge in [0.1, 0.15) is 0 Å². The molecule has 0 spiro atoms. The third-order valence-electron chi connectivity index (χ3n) is 3.06. The highest BCUT2D eigenvalue weighted by atomic mass is 16.5. The molecule has 0 aromatic carbocycles. The van der Waals surface area contributed by atoms with Gasteiger partial charge >= 0.3 is 12.0 Å². The standard InChI is InChI=1S/C13H17N3O4/c1-9-2-3-10(7-14-9)15-13(19)16-4-5-20-8-11(16)6-12(17)18/h2-3,7,11H,4-6,8H2,1H3,(H,15,19)(H,17,18). The number of anilines is 1. The molecule has 108 valence electrons. The Kier molecular flexibility index (Phi) is 4.52. The summed E-state index contributed by atoms with van der Waals surface area (Å²) >= 11 is 0. The zero-order chi connectivity index (χ0) is 14.5. The molecule has 0 saturated carbocycles. The molecule has 1 aliphatic heterocycles. The molecule has 1 saturated heterocycles. The number of aromatic nitrogens is 1. The van der Waals surface area contributed by atoms with Crippen LogP contribution in [0.1, 0.15) is 12.1 Å². The minimum absolute atomic E-state index is 0.125. The second kappa shape index (κ2) is 6.33. The average Bonchev–Trinajstić information content (AvgIpc) is 2.41. The van der Waals surface area contributed by atoms with E-state index in [0.29, 0.717) is 18.8 Å². The molecule has 2 N–H and O–H groups in total. The Labute approximate surface area is 116 Å². The number of rotatable bonds is 3. The molecular weight excluding hydrogens is 262 g/mol. The van der Waals surface area contributed by atoms with E-state index in [1.165, 1.54) is 4.90 Å². The van der Waals surface area contributed by atoms with Gasteiger partial charge in [-0.2, -0.15) is 0 Å². The SMILES string of the molecule is Cc1ccc(NC(=O)N2CCOCC2CC(=O)O)cn1. The van der Waals surface area contributed by atoms with Gasteiger partial charge in [0.15, 0.2) is 0 Å². The van der Waals surface area contributed by atoms with Gasteiger partial charge in [-0.25, -0.2) is 4.79 Å². The van der Waals surface area contributed by atoms with Crippen LogP contribution >= 0.6 is 0 Å². The van der Waals surface area contributed by atoms with Gasteiger partial charge in [-0.05, 0) is 19.1 Å². The summed E-state index contributed by atoms with van der Waals surface area (Å²) in [7, 11) is 0. The molecule has 0 aliphatic carbocycles. The van der Waals surface area contributed by atoms with Crippen molar-refractivity contribution in [2.75, 3.05) is 25.1 Å². The number of morpholine rings is 1. The van der Waals surface area contributed by atoms with Crippen molar-refractivity contribution in [2.24, 2.45) is 0 Å². The third kappa shape index (κ3) is 3.67. The fourth-order valence-corrected chi connectivity index (χ4v) is 2.03. The normalized spacial score (nSPS) is 18.6. The summed E-state index contributed by atoms with van der Waals surface area (Å²) in [6.45, 7) is 2.89. The van der Waals surface area contributed by atoms with Crippen LogP contribution in [0.4, 0.5) is 10.5 Å². The summed E-state index contributed by atoms with van der Waals surface area (Å²) in [5.41, 5.74) is 1.44. The van der Waals surface area contributed by atoms with Crippen molar-refractivity contribution in [3.05, 3.63) is 24.0 Å². The van der Waals surface area contributed by atoms with E-state index in [9.17, 15) is 9.59 Å². The second-order valence-electron chi connectivity index (χ2n) is 4.64. The van der Waals surface area contributed by atoms with E-state index in [1.807, 2.05) is 6.92 Å². The van der Waals surface area contributed by atoms with Crippen molar-refractivity contribution in [1.29, 1.82) is 0 Å². The highest BCUT2D eigenvalue weighted by molar-refractivity contribution is 5.89. The van der Waals surface area contributed by atoms with Gasteiger partial charge in [0, 0.05) is 12.2 Å². The molecule has 2 rings (SSSR count). The van der Waals surface area contributed by atoms with Gasteiger partial charge in [0.25, 0.3) is 0 Å². The topological polar surface area (TPSA) is 91.8 Å². The lowest BCUT2D eigenvalue weighted by molar-refractivity contribution is -0.139. The summed E-state index contributed by atoms with van der Waals surface area (Å²) in [4.78, 5) is 28.6. The number of carbonyl (C=O) groups excluding carboxylic acids is 1. The molecule has 1 aromatic heterocycles. The molecule has 2 amide bonds. The number of pyridine rings is 1. The molecule has 1 aromatic rings. The lowest BCUT2D eigenvalue weighted by Gasteiger charge is -2.34. The second-order valence-corrected chi connectivity index (χ2v) is 4.64. The first kappa shape index (κ1) is 14.3. The number of ether oxygens (including phenoxy) is 1. The lowest BCUT2D eigenvalue weighted by atomic mass is 10.1. The van der Waals surface area contributed by atoms with Crippen LogP contribution in [0, 0.1) is 6.92 Å². The van der Waals surface area contributed by atoms with E-state index in [-0.39, 0.29) is 19.1 Å². The molecule has 7 nitrogen and oxygen atoms in total. The van der Waals surface area contributed by atoms with Crippen molar-refractivity contribution < 1.29 is 19.4 Å². The summed E-state index contributed by atoms with van der Waals surface area (Å²) in [6, 6.07) is 2.78. The van der Waals surface area contributed by atoms with E-state index < -0.39 is 12.0 Å². The lowest BCUT2D eigenvalue weighted by Crippen LogP contribution is -2.51. The van der Waals surface area contributed by atoms with Gasteiger partial charge in [-0.3, -0.25) is 9.78 Å². The Morgan fingerprint density at radius 3 is 3.00 bits per heavy atom. The molecule has 0 radical (unpaired) electrons. The van der Waals surface area contributed by atoms with Gasteiger partial charge in [-0.1, -0.05) is 0 Å². The molecule has 7 heteroatoms. The number of aliphatic carboxylic acids is 1. The molecule has 0 bridgehead atoms. The van der Waals surface area contributed by atoms with E-state index >= 15 is 0 Å². The van der Waals surface area contributed by atoms with Crippen LogP contribution in [0.3, 0.4) is 0 Å². The number of hydrogen-bond donors (Lipinski definition) is 2. The maximum Gasteiger partial charge on any atom is 0.322 e. The van der Waals surface area contributed by atoms with Crippen LogP contribution in [0.25, 0.3) is 0 Å². The molecule has 1 aliphatic rings. The number of nitrogens with zero attached hydrogens (tertiary/aromatic N) is 2. The van der Waals surface area contributed by atoms with Crippen molar-refractivity contribution in [2.45, 2.75) is 19.4 Å². The number of urea groups is 1. The van der Waals surface area contributed by atoms with E-state index in [4.69, 9.17) is 9.84 Å². The predicted octanol–water partition coefficient (Wildman–Crippen LogP) is 1.10. The van der Waals surface area contributed by atoms with E-state index in [2.05, 4.69) is 10.3 Å². The minimum Gasteiger partial charge on any atom is -0.481 e. The Bertz CT molecular complexity index is 489. The van der Waals surface area contributed by atoms with E-state index in [1.54, 1.807) is 18.3 Å². The Balaban J connectivity index is 2.01. The number of nitrogens with one attached hydrogen (secondary N) is 1. The molecule has 1 atom stereocenters. The van der Waals surface area contributed by atoms with Crippen LogP contribution in [-0.4, -0.2) is 52.8 Å². The van der Waals surface area contributed by atoms with Crippen LogP contribution in [-0.2, 0) is 9.53 Å². The zero-order valence-electron chi connectivity index (χ0n) is 11.2. The molecular formula is C13H17N3O4. The number of aryl methyl sites for hydroxylation is 1. The number of carbonyl (C=O) groups is 2. The summed E-state index contributed by atoms with van der Waals surface area (Å²) in [6.07, 6.45) is 1.44. The monoisotopic (exact) mass is 279 g/mol. The van der Waals surface area contributed by atoms with Gasteiger partial charge < -0.3 is 20.1 Å². The number of carboxylic acids is 1. The summed E-state index contributed by atoms with van der Waals surface area (Å²) < 4.78 is 5.23. The fraction of sp³-hybridized carbons (Fsp3) is 0.462. The molecule has 1 unspecified atom stereocenters. The maximum absolute atomic E-state index is 12.2. The van der Waals surface area contributed by atoms with Crippen molar-refractivity contribution in [3.63, 3.8) is 0 Å². The van der Waals surface area contributed by atoms with Crippen LogP contribution < -0.4 is 5.32 Å². The molecule has 1 fully saturated rings. The Hall–Kier alpha value is -2.15. The zero-order valence-corrected chi connectivity index (χ0v) is 11.2. The highest BCUT2D eigenvalue weighted by Crippen LogP contribution is 2.14. The first-order chi connectivity index (χ1) is 9.56. The van der Waals surface area contributed by atoms with Crippen molar-refractivity contribution in [3.8, 4) is 0 Å². The number of amides is 2. The van der Waals surface area contributed by atoms with Gasteiger partial charge in [0.05, 0.1) is 37.6 Å². The average molecular weight is 279 g/mol. The maximum atomic E-state index is 12.2. The minimum atomic E-state index is -0.949. The largest absolute Gasteiger partial charge is 0.481 e. The van der Waals surface area contributed by atoms with Crippen LogP contribution in [0.2, 0.25) is 0 Å². The van der Waals surface area contributed by atoms with Crippen molar-refractivity contribution in [1.82, 2.24) is 9.88 Å². The van der Waals surface area contributed by atoms with Crippen LogP contribution in [0.15, 0.2) is 18.3 Å². The number of carboxylic acid groups (broad SMARTS) is 1. The third-order valence-corrected chi connectivity index (χ3v) is 3.06. The highest BCUT2D eigenvalue weighted by Gasteiger charge is 2.29. The fourth-order valence-electron chi connectivity index (χ4n) is 2.03. The van der Waals surface area contributed by atoms with Gasteiger partial charge in [-0.15, -0.1) is 0 Å². The molecule has 20 heavy (non-hydrogen) atoms. The van der Waals surface area contributed by atoms with E-state index in [0.717, 1.165) is 5.69 Å². The first-order valence-electron chi connectivity index (χ1n) is 6.36. The summed E-state index contributed by atoms with van der Waals surface area (Å²) in [5, 5.41) is 11.6. The van der Waals surface area contributed by atoms with Gasteiger partial charge in [0.2, 0.25) is 0 Å². The van der Waals surface area contributed by atoms with Crippen LogP contribution in [0.5, 0.6) is 0 Å². The first-order valence-corrected chi connectivity index (χ1v) is 6.36. The quantitative estimate of drug-likeness (QED) is 0.864. The Morgan fingerprint density at radius 1 is 1.55 bits per heavy atom.